The number of anilines is 1. The lowest BCUT2D eigenvalue weighted by Crippen LogP contribution is -2.51. The molecule has 1 aliphatic heterocycles. The fraction of sp³-hybridized carbons (Fsp3) is 0.636. The Bertz CT molecular complexity index is 948. The van der Waals surface area contributed by atoms with Gasteiger partial charge in [0.1, 0.15) is 0 Å². The molecule has 0 aromatic heterocycles. The summed E-state index contributed by atoms with van der Waals surface area (Å²) in [5, 5.41) is 0. The van der Waals surface area contributed by atoms with Crippen LogP contribution in [-0.2, 0) is 26.0 Å². The van der Waals surface area contributed by atoms with E-state index in [1.807, 2.05) is 0 Å². The number of nitrogens with zero attached hydrogens (tertiary/aromatic N) is 1. The van der Waals surface area contributed by atoms with Gasteiger partial charge in [-0.2, -0.15) is 0 Å². The predicted molar refractivity (Wildman–Crippen MR) is 108 cm³/mol. The highest BCUT2D eigenvalue weighted by molar-refractivity contribution is 7.92. The molecule has 1 heterocycles. The third-order valence-corrected chi connectivity index (χ3v) is 8.71. The lowest BCUT2D eigenvalue weighted by molar-refractivity contribution is -0.147. The van der Waals surface area contributed by atoms with Crippen LogP contribution in [0, 0.1) is 23.2 Å². The highest BCUT2D eigenvalue weighted by atomic mass is 32.2. The van der Waals surface area contributed by atoms with Crippen molar-refractivity contribution in [2.45, 2.75) is 44.9 Å². The van der Waals surface area contributed by atoms with Crippen LogP contribution in [0.15, 0.2) is 18.2 Å². The lowest BCUT2D eigenvalue weighted by Gasteiger charge is -2.55. The molecular formula is C22H27NO5S. The van der Waals surface area contributed by atoms with E-state index in [1.54, 1.807) is 18.2 Å². The molecule has 1 aromatic carbocycles. The van der Waals surface area contributed by atoms with Gasteiger partial charge in [0.25, 0.3) is 0 Å². The minimum atomic E-state index is -3.32. The van der Waals surface area contributed by atoms with Gasteiger partial charge in [-0.1, -0.05) is 0 Å². The van der Waals surface area contributed by atoms with Gasteiger partial charge < -0.3 is 4.74 Å². The largest absolute Gasteiger partial charge is 0.454 e. The van der Waals surface area contributed by atoms with E-state index in [9.17, 15) is 18.0 Å². The SMILES string of the molecule is CS(=O)(=O)N1CCc2cc(C(=O)OCC(=O)C34CC5CC(CC(C5)C3)C4)ccc21. The molecule has 1 aromatic rings. The molecule has 0 spiro atoms. The Balaban J connectivity index is 1.26. The summed E-state index contributed by atoms with van der Waals surface area (Å²) in [7, 11) is -3.32. The van der Waals surface area contributed by atoms with Crippen molar-refractivity contribution in [1.29, 1.82) is 0 Å². The molecule has 5 aliphatic rings. The zero-order valence-corrected chi connectivity index (χ0v) is 17.5. The summed E-state index contributed by atoms with van der Waals surface area (Å²) in [6, 6.07) is 4.93. The van der Waals surface area contributed by atoms with Gasteiger partial charge in [0.05, 0.1) is 17.5 Å². The number of carbonyl (C=O) groups is 2. The quantitative estimate of drug-likeness (QED) is 0.688. The second-order valence-electron chi connectivity index (χ2n) is 9.63. The van der Waals surface area contributed by atoms with Crippen molar-refractivity contribution in [3.63, 3.8) is 0 Å². The van der Waals surface area contributed by atoms with Crippen LogP contribution in [0.1, 0.15) is 54.4 Å². The van der Waals surface area contributed by atoms with E-state index in [4.69, 9.17) is 4.74 Å². The fourth-order valence-electron chi connectivity index (χ4n) is 6.66. The summed E-state index contributed by atoms with van der Waals surface area (Å²) >= 11 is 0. The van der Waals surface area contributed by atoms with E-state index in [0.717, 1.165) is 24.8 Å². The van der Waals surface area contributed by atoms with Crippen LogP contribution in [0.5, 0.6) is 0 Å². The van der Waals surface area contributed by atoms with Crippen molar-refractivity contribution in [1.82, 2.24) is 0 Å². The summed E-state index contributed by atoms with van der Waals surface area (Å²) in [5.74, 6) is 1.61. The summed E-state index contributed by atoms with van der Waals surface area (Å²) in [4.78, 5) is 25.6. The number of sulfonamides is 1. The van der Waals surface area contributed by atoms with E-state index < -0.39 is 16.0 Å². The van der Waals surface area contributed by atoms with Gasteiger partial charge in [0, 0.05) is 12.0 Å². The Morgan fingerprint density at radius 2 is 1.72 bits per heavy atom. The van der Waals surface area contributed by atoms with Crippen molar-refractivity contribution in [2.24, 2.45) is 23.2 Å². The van der Waals surface area contributed by atoms with Crippen molar-refractivity contribution in [3.05, 3.63) is 29.3 Å². The smallest absolute Gasteiger partial charge is 0.338 e. The Kier molecular flexibility index (Phi) is 4.32. The van der Waals surface area contributed by atoms with Crippen molar-refractivity contribution >= 4 is 27.5 Å². The topological polar surface area (TPSA) is 80.8 Å². The zero-order chi connectivity index (χ0) is 20.4. The van der Waals surface area contributed by atoms with Gasteiger partial charge >= 0.3 is 5.97 Å². The number of hydrogen-bond acceptors (Lipinski definition) is 5. The lowest BCUT2D eigenvalue weighted by atomic mass is 9.48. The van der Waals surface area contributed by atoms with Gasteiger partial charge in [0.15, 0.2) is 12.4 Å². The number of carbonyl (C=O) groups excluding carboxylic acids is 2. The molecule has 0 radical (unpaired) electrons. The first kappa shape index (κ1) is 19.1. The third-order valence-electron chi connectivity index (χ3n) is 7.53. The molecule has 0 amide bonds. The van der Waals surface area contributed by atoms with Crippen molar-refractivity contribution in [3.8, 4) is 0 Å². The van der Waals surface area contributed by atoms with Gasteiger partial charge in [-0.05, 0) is 86.5 Å². The number of Topliss-reactive ketones (excluding diaryl/α,β-unsaturated/α-hetero) is 1. The highest BCUT2D eigenvalue weighted by Gasteiger charge is 2.54. The monoisotopic (exact) mass is 417 g/mol. The number of ketones is 1. The van der Waals surface area contributed by atoms with Crippen LogP contribution in [0.2, 0.25) is 0 Å². The minimum absolute atomic E-state index is 0.0920. The molecule has 7 heteroatoms. The Labute approximate surface area is 171 Å². The van der Waals surface area contributed by atoms with Gasteiger partial charge in [-0.25, -0.2) is 13.2 Å². The normalized spacial score (nSPS) is 32.3. The molecule has 0 unspecified atom stereocenters. The first-order valence-electron chi connectivity index (χ1n) is 10.5. The van der Waals surface area contributed by atoms with Crippen LogP contribution < -0.4 is 4.31 Å². The zero-order valence-electron chi connectivity index (χ0n) is 16.7. The number of fused-ring (bicyclic) bond motifs is 1. The number of esters is 1. The Hall–Kier alpha value is -1.89. The third kappa shape index (κ3) is 3.27. The molecule has 6 nitrogen and oxygen atoms in total. The molecule has 4 saturated carbocycles. The molecule has 4 bridgehead atoms. The highest BCUT2D eigenvalue weighted by Crippen LogP contribution is 2.60. The maximum absolute atomic E-state index is 13.0. The van der Waals surface area contributed by atoms with E-state index in [1.165, 1.54) is 29.8 Å². The molecule has 29 heavy (non-hydrogen) atoms. The van der Waals surface area contributed by atoms with Crippen LogP contribution in [0.4, 0.5) is 5.69 Å². The molecule has 4 aliphatic carbocycles. The minimum Gasteiger partial charge on any atom is -0.454 e. The van der Waals surface area contributed by atoms with Crippen molar-refractivity contribution < 1.29 is 22.7 Å². The second kappa shape index (κ2) is 6.56. The first-order chi connectivity index (χ1) is 13.7. The molecule has 156 valence electrons. The molecule has 0 saturated heterocycles. The predicted octanol–water partition coefficient (Wildman–Crippen LogP) is 2.95. The molecule has 0 N–H and O–H groups in total. The molecule has 4 fully saturated rings. The first-order valence-corrected chi connectivity index (χ1v) is 12.4. The second-order valence-corrected chi connectivity index (χ2v) is 11.5. The maximum Gasteiger partial charge on any atom is 0.338 e. The standard InChI is InChI=1S/C22H27NO5S/c1-29(26,27)23-5-4-17-9-18(2-3-19(17)23)21(25)28-13-20(24)22-10-14-6-15(11-22)8-16(7-14)12-22/h2-3,9,14-16H,4-8,10-13H2,1H3. The van der Waals surface area contributed by atoms with E-state index >= 15 is 0 Å². The van der Waals surface area contributed by atoms with E-state index in [0.29, 0.717) is 42.0 Å². The van der Waals surface area contributed by atoms with E-state index in [-0.39, 0.29) is 17.8 Å². The molecular weight excluding hydrogens is 390 g/mol. The summed E-state index contributed by atoms with van der Waals surface area (Å²) in [6.45, 7) is 0.231. The average Bonchev–Trinajstić information content (AvgIpc) is 3.08. The summed E-state index contributed by atoms with van der Waals surface area (Å²) < 4.78 is 30.5. The van der Waals surface area contributed by atoms with Crippen LogP contribution >= 0.6 is 0 Å². The van der Waals surface area contributed by atoms with Crippen LogP contribution in [0.25, 0.3) is 0 Å². The fourth-order valence-corrected chi connectivity index (χ4v) is 7.62. The van der Waals surface area contributed by atoms with Gasteiger partial charge in [-0.15, -0.1) is 0 Å². The average molecular weight is 418 g/mol. The number of ether oxygens (including phenoxy) is 1. The Morgan fingerprint density at radius 1 is 1.10 bits per heavy atom. The molecule has 6 rings (SSSR count). The number of rotatable bonds is 5. The maximum atomic E-state index is 13.0. The number of benzene rings is 1. The van der Waals surface area contributed by atoms with Crippen LogP contribution in [0.3, 0.4) is 0 Å². The summed E-state index contributed by atoms with van der Waals surface area (Å²) in [5.41, 5.74) is 1.55. The number of hydrogen-bond donors (Lipinski definition) is 0. The molecule has 0 atom stereocenters. The summed E-state index contributed by atoms with van der Waals surface area (Å²) in [6.07, 6.45) is 8.46. The Morgan fingerprint density at radius 3 is 2.31 bits per heavy atom. The van der Waals surface area contributed by atoms with E-state index in [2.05, 4.69) is 0 Å². The van der Waals surface area contributed by atoms with Gasteiger partial charge in [-0.3, -0.25) is 9.10 Å². The van der Waals surface area contributed by atoms with Crippen LogP contribution in [-0.4, -0.2) is 39.6 Å². The van der Waals surface area contributed by atoms with Crippen molar-refractivity contribution in [2.75, 3.05) is 23.7 Å². The van der Waals surface area contributed by atoms with Gasteiger partial charge in [0.2, 0.25) is 10.0 Å².